The van der Waals surface area contributed by atoms with Crippen LogP contribution in [-0.2, 0) is 6.54 Å². The Bertz CT molecular complexity index is 552. The Balaban J connectivity index is 1.66. The lowest BCUT2D eigenvalue weighted by Gasteiger charge is -2.34. The molecule has 0 saturated carbocycles. The van der Waals surface area contributed by atoms with Gasteiger partial charge in [-0.3, -0.25) is 4.90 Å². The predicted molar refractivity (Wildman–Crippen MR) is 84.6 cm³/mol. The zero-order valence-electron chi connectivity index (χ0n) is 11.8. The highest BCUT2D eigenvalue weighted by Gasteiger charge is 2.23. The number of aromatic nitrogens is 1. The maximum atomic E-state index is 6.16. The molecule has 2 aromatic rings. The molecule has 3 rings (SSSR count). The van der Waals surface area contributed by atoms with Crippen LogP contribution in [0.4, 0.5) is 0 Å². The summed E-state index contributed by atoms with van der Waals surface area (Å²) >= 11 is 1.72. The highest BCUT2D eigenvalue weighted by atomic mass is 32.1. The number of thiazole rings is 1. The van der Waals surface area contributed by atoms with Gasteiger partial charge in [-0.05, 0) is 18.9 Å². The number of nitrogens with zero attached hydrogens (tertiary/aromatic N) is 2. The van der Waals surface area contributed by atoms with Gasteiger partial charge in [0.15, 0.2) is 0 Å². The summed E-state index contributed by atoms with van der Waals surface area (Å²) in [5, 5.41) is 3.28. The number of rotatable bonds is 3. The maximum Gasteiger partial charge on any atom is 0.123 e. The van der Waals surface area contributed by atoms with Gasteiger partial charge >= 0.3 is 0 Å². The second kappa shape index (κ2) is 6.04. The van der Waals surface area contributed by atoms with Gasteiger partial charge in [0.25, 0.3) is 0 Å². The van der Waals surface area contributed by atoms with Crippen molar-refractivity contribution in [3.05, 3.63) is 41.4 Å². The minimum Gasteiger partial charge on any atom is -0.326 e. The molecule has 0 aliphatic carbocycles. The first kappa shape index (κ1) is 13.7. The van der Waals surface area contributed by atoms with Crippen LogP contribution in [0.1, 0.15) is 19.0 Å². The van der Waals surface area contributed by atoms with E-state index in [0.29, 0.717) is 12.0 Å². The van der Waals surface area contributed by atoms with E-state index in [9.17, 15) is 0 Å². The highest BCUT2D eigenvalue weighted by molar-refractivity contribution is 7.13. The van der Waals surface area contributed by atoms with Crippen LogP contribution in [0, 0.1) is 5.92 Å². The molecule has 2 N–H and O–H groups in total. The summed E-state index contributed by atoms with van der Waals surface area (Å²) in [6.45, 7) is 5.29. The van der Waals surface area contributed by atoms with Gasteiger partial charge in [0.05, 0.1) is 5.69 Å². The van der Waals surface area contributed by atoms with Crippen molar-refractivity contribution in [1.82, 2.24) is 9.88 Å². The Labute approximate surface area is 124 Å². The second-order valence-corrected chi connectivity index (χ2v) is 6.53. The molecule has 0 spiro atoms. The van der Waals surface area contributed by atoms with Gasteiger partial charge in [0.2, 0.25) is 0 Å². The Hall–Kier alpha value is -1.23. The van der Waals surface area contributed by atoms with Gasteiger partial charge in [0, 0.05) is 30.1 Å². The van der Waals surface area contributed by atoms with Gasteiger partial charge in [-0.2, -0.15) is 0 Å². The third-order valence-electron chi connectivity index (χ3n) is 4.06. The Morgan fingerprint density at radius 2 is 2.15 bits per heavy atom. The van der Waals surface area contributed by atoms with Gasteiger partial charge < -0.3 is 5.73 Å². The molecule has 0 amide bonds. The summed E-state index contributed by atoms with van der Waals surface area (Å²) in [6.07, 6.45) is 1.19. The summed E-state index contributed by atoms with van der Waals surface area (Å²) in [5.41, 5.74) is 8.52. The standard InChI is InChI=1S/C16H21N3S/c1-12-7-8-19(10-15(12)17)9-14-11-20-16(18-14)13-5-3-2-4-6-13/h2-6,11-12,15H,7-10,17H2,1H3. The Morgan fingerprint density at radius 1 is 1.35 bits per heavy atom. The zero-order chi connectivity index (χ0) is 13.9. The van der Waals surface area contributed by atoms with E-state index in [2.05, 4.69) is 41.5 Å². The maximum absolute atomic E-state index is 6.16. The van der Waals surface area contributed by atoms with Crippen LogP contribution in [0.2, 0.25) is 0 Å². The Kier molecular flexibility index (Phi) is 4.15. The number of benzene rings is 1. The van der Waals surface area contributed by atoms with E-state index in [0.717, 1.165) is 30.3 Å². The predicted octanol–water partition coefficient (Wildman–Crippen LogP) is 2.98. The fourth-order valence-corrected chi connectivity index (χ4v) is 3.45. The lowest BCUT2D eigenvalue weighted by Crippen LogP contribution is -2.47. The van der Waals surface area contributed by atoms with Crippen molar-refractivity contribution in [2.75, 3.05) is 13.1 Å². The average molecular weight is 287 g/mol. The summed E-state index contributed by atoms with van der Waals surface area (Å²) < 4.78 is 0. The zero-order valence-corrected chi connectivity index (χ0v) is 12.6. The first-order valence-electron chi connectivity index (χ1n) is 7.20. The fourth-order valence-electron chi connectivity index (χ4n) is 2.64. The van der Waals surface area contributed by atoms with Crippen molar-refractivity contribution in [3.63, 3.8) is 0 Å². The van der Waals surface area contributed by atoms with E-state index in [1.54, 1.807) is 11.3 Å². The second-order valence-electron chi connectivity index (χ2n) is 5.67. The van der Waals surface area contributed by atoms with E-state index in [1.165, 1.54) is 12.0 Å². The number of hydrogen-bond donors (Lipinski definition) is 1. The third kappa shape index (κ3) is 3.08. The van der Waals surface area contributed by atoms with E-state index in [4.69, 9.17) is 10.7 Å². The SMILES string of the molecule is CC1CCN(Cc2csc(-c3ccccc3)n2)CC1N. The fraction of sp³-hybridized carbons (Fsp3) is 0.438. The number of likely N-dealkylation sites (tertiary alicyclic amines) is 1. The molecule has 1 aromatic carbocycles. The molecular formula is C16H21N3S. The summed E-state index contributed by atoms with van der Waals surface area (Å²) in [6, 6.07) is 10.7. The summed E-state index contributed by atoms with van der Waals surface area (Å²) in [5.74, 6) is 0.640. The molecule has 1 fully saturated rings. The molecule has 106 valence electrons. The van der Waals surface area contributed by atoms with Crippen LogP contribution in [0.3, 0.4) is 0 Å². The van der Waals surface area contributed by atoms with Crippen LogP contribution in [0.15, 0.2) is 35.7 Å². The quantitative estimate of drug-likeness (QED) is 0.943. The topological polar surface area (TPSA) is 42.2 Å². The van der Waals surface area contributed by atoms with Gasteiger partial charge in [-0.25, -0.2) is 4.98 Å². The lowest BCUT2D eigenvalue weighted by atomic mass is 9.94. The lowest BCUT2D eigenvalue weighted by molar-refractivity contribution is 0.161. The van der Waals surface area contributed by atoms with E-state index in [-0.39, 0.29) is 0 Å². The first-order chi connectivity index (χ1) is 9.72. The molecule has 2 unspecified atom stereocenters. The van der Waals surface area contributed by atoms with Crippen molar-refractivity contribution in [2.45, 2.75) is 25.9 Å². The number of piperidine rings is 1. The van der Waals surface area contributed by atoms with Gasteiger partial charge in [-0.15, -0.1) is 11.3 Å². The summed E-state index contributed by atoms with van der Waals surface area (Å²) in [4.78, 5) is 7.18. The smallest absolute Gasteiger partial charge is 0.123 e. The van der Waals surface area contributed by atoms with E-state index < -0.39 is 0 Å². The molecule has 1 saturated heterocycles. The molecular weight excluding hydrogens is 266 g/mol. The number of hydrogen-bond acceptors (Lipinski definition) is 4. The summed E-state index contributed by atoms with van der Waals surface area (Å²) in [7, 11) is 0. The van der Waals surface area contributed by atoms with Crippen LogP contribution in [0.5, 0.6) is 0 Å². The van der Waals surface area contributed by atoms with Crippen LogP contribution in [0.25, 0.3) is 10.6 Å². The number of nitrogens with two attached hydrogens (primary N) is 1. The molecule has 1 aliphatic rings. The minimum atomic E-state index is 0.302. The normalized spacial score (nSPS) is 23.9. The van der Waals surface area contributed by atoms with Crippen molar-refractivity contribution >= 4 is 11.3 Å². The highest BCUT2D eigenvalue weighted by Crippen LogP contribution is 2.25. The van der Waals surface area contributed by atoms with Gasteiger partial charge in [0.1, 0.15) is 5.01 Å². The molecule has 4 heteroatoms. The molecule has 1 aromatic heterocycles. The van der Waals surface area contributed by atoms with E-state index in [1.807, 2.05) is 6.07 Å². The minimum absolute atomic E-state index is 0.302. The molecule has 3 nitrogen and oxygen atoms in total. The molecule has 20 heavy (non-hydrogen) atoms. The monoisotopic (exact) mass is 287 g/mol. The molecule has 2 atom stereocenters. The van der Waals surface area contributed by atoms with Crippen molar-refractivity contribution in [3.8, 4) is 10.6 Å². The van der Waals surface area contributed by atoms with Crippen LogP contribution in [-0.4, -0.2) is 29.0 Å². The van der Waals surface area contributed by atoms with Crippen LogP contribution >= 0.6 is 11.3 Å². The van der Waals surface area contributed by atoms with Crippen LogP contribution < -0.4 is 5.73 Å². The van der Waals surface area contributed by atoms with Gasteiger partial charge in [-0.1, -0.05) is 37.3 Å². The average Bonchev–Trinajstić information content (AvgIpc) is 2.92. The third-order valence-corrected chi connectivity index (χ3v) is 5.00. The molecule has 2 heterocycles. The molecule has 0 radical (unpaired) electrons. The van der Waals surface area contributed by atoms with E-state index >= 15 is 0 Å². The first-order valence-corrected chi connectivity index (χ1v) is 8.08. The van der Waals surface area contributed by atoms with Crippen molar-refractivity contribution in [1.29, 1.82) is 0 Å². The molecule has 0 bridgehead atoms. The largest absolute Gasteiger partial charge is 0.326 e. The van der Waals surface area contributed by atoms with Crippen molar-refractivity contribution in [2.24, 2.45) is 11.7 Å². The van der Waals surface area contributed by atoms with Crippen molar-refractivity contribution < 1.29 is 0 Å². The molecule has 1 aliphatic heterocycles. The Morgan fingerprint density at radius 3 is 2.90 bits per heavy atom.